The van der Waals surface area contributed by atoms with Gasteiger partial charge in [0.05, 0.1) is 16.6 Å². The van der Waals surface area contributed by atoms with Crippen LogP contribution >= 0.6 is 24.0 Å². The molecule has 0 radical (unpaired) electrons. The van der Waals surface area contributed by atoms with Crippen LogP contribution in [0.15, 0.2) is 53.4 Å². The quantitative estimate of drug-likeness (QED) is 0.623. The molecule has 1 heterocycles. The Morgan fingerprint density at radius 2 is 1.92 bits per heavy atom. The van der Waals surface area contributed by atoms with E-state index in [9.17, 15) is 19.1 Å². The van der Waals surface area contributed by atoms with Gasteiger partial charge >= 0.3 is 0 Å². The van der Waals surface area contributed by atoms with Gasteiger partial charge in [0.2, 0.25) is 0 Å². The highest BCUT2D eigenvalue weighted by Gasteiger charge is 2.33. The number of carboxylic acids is 1. The van der Waals surface area contributed by atoms with Gasteiger partial charge < -0.3 is 9.90 Å². The van der Waals surface area contributed by atoms with Crippen molar-refractivity contribution in [2.75, 3.05) is 4.90 Å². The minimum absolute atomic E-state index is 0.0379. The first-order valence-corrected chi connectivity index (χ1v) is 8.03. The lowest BCUT2D eigenvalue weighted by atomic mass is 10.2. The molecule has 0 unspecified atom stereocenters. The van der Waals surface area contributed by atoms with Gasteiger partial charge in [-0.3, -0.25) is 9.69 Å². The standard InChI is InChI=1S/C17H10FNO3S2/c18-12-6-4-10(5-7-12)8-14-15(20)19(17(23)24-14)13-3-1-2-11(9-13)16(21)22/h1-9H,(H,21,22)/p-1/b14-8+. The second kappa shape index (κ2) is 6.54. The molecule has 1 aliphatic heterocycles. The summed E-state index contributed by atoms with van der Waals surface area (Å²) in [6.45, 7) is 0. The summed E-state index contributed by atoms with van der Waals surface area (Å²) in [4.78, 5) is 25.2. The number of rotatable bonds is 3. The molecule has 1 saturated heterocycles. The largest absolute Gasteiger partial charge is 0.545 e. The highest BCUT2D eigenvalue weighted by molar-refractivity contribution is 8.27. The minimum Gasteiger partial charge on any atom is -0.545 e. The number of amides is 1. The van der Waals surface area contributed by atoms with E-state index in [1.54, 1.807) is 24.3 Å². The van der Waals surface area contributed by atoms with Crippen molar-refractivity contribution >= 4 is 51.9 Å². The lowest BCUT2D eigenvalue weighted by Gasteiger charge is -2.15. The summed E-state index contributed by atoms with van der Waals surface area (Å²) in [6.07, 6.45) is 1.61. The van der Waals surface area contributed by atoms with Crippen LogP contribution in [0.1, 0.15) is 15.9 Å². The highest BCUT2D eigenvalue weighted by Crippen LogP contribution is 2.36. The van der Waals surface area contributed by atoms with Gasteiger partial charge in [-0.05, 0) is 41.5 Å². The van der Waals surface area contributed by atoms with E-state index in [0.717, 1.165) is 11.8 Å². The van der Waals surface area contributed by atoms with Crippen molar-refractivity contribution in [1.29, 1.82) is 0 Å². The summed E-state index contributed by atoms with van der Waals surface area (Å²) < 4.78 is 13.2. The number of aromatic carboxylic acids is 1. The van der Waals surface area contributed by atoms with Crippen LogP contribution in [0.2, 0.25) is 0 Å². The maximum Gasteiger partial charge on any atom is 0.270 e. The molecular formula is C17H9FNO3S2-. The molecule has 0 atom stereocenters. The number of hydrogen-bond donors (Lipinski definition) is 0. The van der Waals surface area contributed by atoms with Crippen molar-refractivity contribution in [3.8, 4) is 0 Å². The average molecular weight is 358 g/mol. The summed E-state index contributed by atoms with van der Waals surface area (Å²) >= 11 is 6.33. The van der Waals surface area contributed by atoms with E-state index < -0.39 is 5.97 Å². The van der Waals surface area contributed by atoms with Gasteiger partial charge in [-0.15, -0.1) is 0 Å². The number of nitrogens with zero attached hydrogens (tertiary/aromatic N) is 1. The number of thioether (sulfide) groups is 1. The van der Waals surface area contributed by atoms with Gasteiger partial charge in [0, 0.05) is 0 Å². The molecule has 4 nitrogen and oxygen atoms in total. The summed E-state index contributed by atoms with van der Waals surface area (Å²) in [5.41, 5.74) is 0.992. The fraction of sp³-hybridized carbons (Fsp3) is 0. The van der Waals surface area contributed by atoms with Gasteiger partial charge in [0.15, 0.2) is 4.32 Å². The molecule has 2 aromatic carbocycles. The number of carbonyl (C=O) groups excluding carboxylic acids is 2. The fourth-order valence-corrected chi connectivity index (χ4v) is 3.47. The lowest BCUT2D eigenvalue weighted by molar-refractivity contribution is -0.255. The molecule has 2 aromatic rings. The number of carboxylic acid groups (broad SMARTS) is 1. The number of thiocarbonyl (C=S) groups is 1. The van der Waals surface area contributed by atoms with Crippen molar-refractivity contribution in [2.45, 2.75) is 0 Å². The molecule has 3 rings (SSSR count). The van der Waals surface area contributed by atoms with Gasteiger partial charge in [0.1, 0.15) is 5.82 Å². The monoisotopic (exact) mass is 358 g/mol. The first kappa shape index (κ1) is 16.4. The van der Waals surface area contributed by atoms with Crippen molar-refractivity contribution in [3.05, 3.63) is 70.4 Å². The van der Waals surface area contributed by atoms with Crippen LogP contribution in [0.25, 0.3) is 6.08 Å². The molecule has 1 fully saturated rings. The zero-order valence-electron chi connectivity index (χ0n) is 12.1. The molecule has 0 N–H and O–H groups in total. The smallest absolute Gasteiger partial charge is 0.270 e. The topological polar surface area (TPSA) is 60.4 Å². The Labute approximate surface area is 146 Å². The summed E-state index contributed by atoms with van der Waals surface area (Å²) in [6, 6.07) is 11.5. The molecule has 1 amide bonds. The number of halogens is 1. The van der Waals surface area contributed by atoms with E-state index in [0.29, 0.717) is 20.5 Å². The van der Waals surface area contributed by atoms with Crippen LogP contribution < -0.4 is 10.0 Å². The Morgan fingerprint density at radius 3 is 2.58 bits per heavy atom. The Hall–Kier alpha value is -2.51. The van der Waals surface area contributed by atoms with Crippen molar-refractivity contribution in [3.63, 3.8) is 0 Å². The molecular weight excluding hydrogens is 349 g/mol. The second-order valence-electron chi connectivity index (χ2n) is 4.91. The fourth-order valence-electron chi connectivity index (χ4n) is 2.17. The molecule has 0 bridgehead atoms. The maximum atomic E-state index is 13.0. The first-order valence-electron chi connectivity index (χ1n) is 6.80. The normalized spacial score (nSPS) is 16.0. The van der Waals surface area contributed by atoms with Crippen molar-refractivity contribution in [2.24, 2.45) is 0 Å². The number of hydrogen-bond acceptors (Lipinski definition) is 5. The number of anilines is 1. The maximum absolute atomic E-state index is 13.0. The van der Waals surface area contributed by atoms with Gasteiger partial charge in [-0.2, -0.15) is 0 Å². The van der Waals surface area contributed by atoms with E-state index in [2.05, 4.69) is 0 Å². The number of benzene rings is 2. The van der Waals surface area contributed by atoms with Gasteiger partial charge in [-0.25, -0.2) is 4.39 Å². The third kappa shape index (κ3) is 3.22. The highest BCUT2D eigenvalue weighted by atomic mass is 32.2. The summed E-state index contributed by atoms with van der Waals surface area (Å²) in [5.74, 6) is -2.05. The SMILES string of the molecule is O=C([O-])c1cccc(N2C(=O)/C(=C\c3ccc(F)cc3)SC2=S)c1. The predicted molar refractivity (Wildman–Crippen MR) is 92.8 cm³/mol. The van der Waals surface area contributed by atoms with E-state index in [1.165, 1.54) is 35.2 Å². The summed E-state index contributed by atoms with van der Waals surface area (Å²) in [7, 11) is 0. The van der Waals surface area contributed by atoms with Gasteiger partial charge in [0.25, 0.3) is 5.91 Å². The molecule has 0 aromatic heterocycles. The number of carbonyl (C=O) groups is 2. The molecule has 24 heavy (non-hydrogen) atoms. The molecule has 0 aliphatic carbocycles. The molecule has 7 heteroatoms. The minimum atomic E-state index is -1.33. The Kier molecular flexibility index (Phi) is 4.46. The van der Waals surface area contributed by atoms with E-state index in [-0.39, 0.29) is 17.3 Å². The van der Waals surface area contributed by atoms with E-state index in [4.69, 9.17) is 12.2 Å². The van der Waals surface area contributed by atoms with Crippen molar-refractivity contribution in [1.82, 2.24) is 0 Å². The predicted octanol–water partition coefficient (Wildman–Crippen LogP) is 2.60. The Bertz CT molecular complexity index is 878. The first-order chi connectivity index (χ1) is 11.5. The molecule has 0 spiro atoms. The van der Waals surface area contributed by atoms with Gasteiger partial charge in [-0.1, -0.05) is 48.2 Å². The van der Waals surface area contributed by atoms with E-state index in [1.807, 2.05) is 0 Å². The zero-order valence-corrected chi connectivity index (χ0v) is 13.7. The van der Waals surface area contributed by atoms with Crippen LogP contribution in [-0.4, -0.2) is 16.2 Å². The van der Waals surface area contributed by atoms with Crippen LogP contribution in [0.5, 0.6) is 0 Å². The molecule has 0 saturated carbocycles. The second-order valence-corrected chi connectivity index (χ2v) is 6.58. The lowest BCUT2D eigenvalue weighted by Crippen LogP contribution is -2.28. The van der Waals surface area contributed by atoms with E-state index >= 15 is 0 Å². The third-order valence-corrected chi connectivity index (χ3v) is 4.60. The molecule has 120 valence electrons. The van der Waals surface area contributed by atoms with Crippen LogP contribution in [0.3, 0.4) is 0 Å². The van der Waals surface area contributed by atoms with Crippen molar-refractivity contribution < 1.29 is 19.1 Å². The zero-order chi connectivity index (χ0) is 17.3. The third-order valence-electron chi connectivity index (χ3n) is 3.30. The Morgan fingerprint density at radius 1 is 1.21 bits per heavy atom. The van der Waals surface area contributed by atoms with Crippen LogP contribution in [-0.2, 0) is 4.79 Å². The Balaban J connectivity index is 1.93. The van der Waals surface area contributed by atoms with Crippen LogP contribution in [0, 0.1) is 5.82 Å². The molecule has 1 aliphatic rings. The van der Waals surface area contributed by atoms with Crippen LogP contribution in [0.4, 0.5) is 10.1 Å². The summed E-state index contributed by atoms with van der Waals surface area (Å²) in [5, 5.41) is 11.0. The average Bonchev–Trinajstić information content (AvgIpc) is 2.83.